The van der Waals surface area contributed by atoms with Gasteiger partial charge in [0.15, 0.2) is 0 Å². The summed E-state index contributed by atoms with van der Waals surface area (Å²) >= 11 is 7.42. The van der Waals surface area contributed by atoms with Gasteiger partial charge in [0.05, 0.1) is 17.2 Å². The Balaban J connectivity index is 1.93. The van der Waals surface area contributed by atoms with E-state index in [-0.39, 0.29) is 35.2 Å². The van der Waals surface area contributed by atoms with Crippen LogP contribution < -0.4 is 5.32 Å². The maximum atomic E-state index is 12.9. The van der Waals surface area contributed by atoms with Crippen LogP contribution in [-0.4, -0.2) is 44.3 Å². The minimum Gasteiger partial charge on any atom is -0.462 e. The molecule has 0 spiro atoms. The van der Waals surface area contributed by atoms with Gasteiger partial charge in [0.25, 0.3) is 5.91 Å². The van der Waals surface area contributed by atoms with E-state index in [4.69, 9.17) is 16.3 Å². The van der Waals surface area contributed by atoms with E-state index >= 15 is 0 Å². The van der Waals surface area contributed by atoms with Gasteiger partial charge in [0.1, 0.15) is 9.90 Å². The summed E-state index contributed by atoms with van der Waals surface area (Å²) in [5, 5.41) is 5.07. The van der Waals surface area contributed by atoms with Crippen molar-refractivity contribution < 1.29 is 22.7 Å². The molecule has 0 atom stereocenters. The van der Waals surface area contributed by atoms with E-state index < -0.39 is 21.9 Å². The second kappa shape index (κ2) is 9.68. The molecule has 1 aliphatic rings. The number of hydrogen-bond donors (Lipinski definition) is 1. The van der Waals surface area contributed by atoms with Crippen molar-refractivity contribution in [3.8, 4) is 0 Å². The van der Waals surface area contributed by atoms with Crippen LogP contribution in [0, 0.1) is 0 Å². The zero-order valence-electron chi connectivity index (χ0n) is 17.6. The number of halogens is 1. The van der Waals surface area contributed by atoms with Crippen LogP contribution in [0.3, 0.4) is 0 Å². The van der Waals surface area contributed by atoms with Gasteiger partial charge in [-0.3, -0.25) is 4.79 Å². The number of sulfonamides is 1. The maximum Gasteiger partial charge on any atom is 0.341 e. The standard InChI is InChI=1S/C21H25ClN2O5S2/c1-4-24(5-2)31(27,28)17-11-14(9-10-16(17)22)19(25)23-20-18(21(26)29-6-3)15(12-30-20)13-7-8-13/h9-13H,4-8H2,1-3H3,(H,23,25). The van der Waals surface area contributed by atoms with Gasteiger partial charge in [0, 0.05) is 18.7 Å². The number of rotatable bonds is 9. The lowest BCUT2D eigenvalue weighted by atomic mass is 10.1. The number of anilines is 1. The average Bonchev–Trinajstić information content (AvgIpc) is 3.49. The van der Waals surface area contributed by atoms with Gasteiger partial charge in [-0.1, -0.05) is 25.4 Å². The van der Waals surface area contributed by atoms with E-state index in [1.54, 1.807) is 20.8 Å². The smallest absolute Gasteiger partial charge is 0.341 e. The molecule has 0 aliphatic heterocycles. The van der Waals surface area contributed by atoms with Crippen molar-refractivity contribution in [2.75, 3.05) is 25.0 Å². The fourth-order valence-electron chi connectivity index (χ4n) is 3.29. The highest BCUT2D eigenvalue weighted by Crippen LogP contribution is 2.46. The number of thiophene rings is 1. The van der Waals surface area contributed by atoms with Crippen LogP contribution in [0.5, 0.6) is 0 Å². The second-order valence-electron chi connectivity index (χ2n) is 7.08. The van der Waals surface area contributed by atoms with Crippen LogP contribution in [0.15, 0.2) is 28.5 Å². The minimum absolute atomic E-state index is 0.0443. The summed E-state index contributed by atoms with van der Waals surface area (Å²) in [5.41, 5.74) is 1.40. The molecule has 1 aliphatic carbocycles. The number of nitrogens with one attached hydrogen (secondary N) is 1. The van der Waals surface area contributed by atoms with Crippen molar-refractivity contribution in [1.82, 2.24) is 4.31 Å². The quantitative estimate of drug-likeness (QED) is 0.519. The van der Waals surface area contributed by atoms with Gasteiger partial charge in [0.2, 0.25) is 10.0 Å². The molecular weight excluding hydrogens is 460 g/mol. The van der Waals surface area contributed by atoms with Crippen molar-refractivity contribution in [2.24, 2.45) is 0 Å². The van der Waals surface area contributed by atoms with Crippen molar-refractivity contribution >= 4 is 49.8 Å². The van der Waals surface area contributed by atoms with Crippen LogP contribution in [0.1, 0.15) is 65.8 Å². The summed E-state index contributed by atoms with van der Waals surface area (Å²) in [5.74, 6) is -0.688. The third kappa shape index (κ3) is 4.95. The van der Waals surface area contributed by atoms with E-state index in [9.17, 15) is 18.0 Å². The molecule has 0 unspecified atom stereocenters. The Kier molecular flexibility index (Phi) is 7.41. The normalized spacial score (nSPS) is 14.0. The summed E-state index contributed by atoms with van der Waals surface area (Å²) in [6, 6.07) is 4.12. The average molecular weight is 485 g/mol. The molecule has 3 rings (SSSR count). The van der Waals surface area contributed by atoms with Crippen LogP contribution in [0.4, 0.5) is 5.00 Å². The number of hydrogen-bond acceptors (Lipinski definition) is 6. The lowest BCUT2D eigenvalue weighted by molar-refractivity contribution is 0.0527. The number of esters is 1. The van der Waals surface area contributed by atoms with Crippen LogP contribution in [0.25, 0.3) is 0 Å². The molecule has 10 heteroatoms. The highest BCUT2D eigenvalue weighted by molar-refractivity contribution is 7.89. The van der Waals surface area contributed by atoms with Crippen LogP contribution in [-0.2, 0) is 14.8 Å². The summed E-state index contributed by atoms with van der Waals surface area (Å²) in [4.78, 5) is 25.3. The maximum absolute atomic E-state index is 12.9. The number of nitrogens with zero attached hydrogens (tertiary/aromatic N) is 1. The van der Waals surface area contributed by atoms with Crippen molar-refractivity contribution in [3.63, 3.8) is 0 Å². The third-order valence-corrected chi connectivity index (χ3v) is 8.51. The van der Waals surface area contributed by atoms with Crippen molar-refractivity contribution in [2.45, 2.75) is 44.4 Å². The molecule has 0 radical (unpaired) electrons. The van der Waals surface area contributed by atoms with Gasteiger partial charge in [-0.05, 0) is 54.8 Å². The van der Waals surface area contributed by atoms with Gasteiger partial charge in [-0.25, -0.2) is 13.2 Å². The fourth-order valence-corrected chi connectivity index (χ4v) is 6.28. The van der Waals surface area contributed by atoms with Crippen LogP contribution >= 0.6 is 22.9 Å². The summed E-state index contributed by atoms with van der Waals surface area (Å²) < 4.78 is 32.3. The lowest BCUT2D eigenvalue weighted by Gasteiger charge is -2.19. The molecule has 1 N–H and O–H groups in total. The predicted molar refractivity (Wildman–Crippen MR) is 122 cm³/mol. The predicted octanol–water partition coefficient (Wildman–Crippen LogP) is 4.74. The van der Waals surface area contributed by atoms with Gasteiger partial charge in [-0.2, -0.15) is 4.31 Å². The van der Waals surface area contributed by atoms with E-state index in [1.807, 2.05) is 5.38 Å². The molecule has 1 saturated carbocycles. The summed E-state index contributed by atoms with van der Waals surface area (Å²) in [7, 11) is -3.84. The Morgan fingerprint density at radius 2 is 1.90 bits per heavy atom. The molecule has 0 bridgehead atoms. The lowest BCUT2D eigenvalue weighted by Crippen LogP contribution is -2.31. The van der Waals surface area contributed by atoms with Crippen LogP contribution in [0.2, 0.25) is 5.02 Å². The SMILES string of the molecule is CCOC(=O)c1c(C2CC2)csc1NC(=O)c1ccc(Cl)c(S(=O)(=O)N(CC)CC)c1. The molecule has 1 amide bonds. The Hall–Kier alpha value is -1.94. The summed E-state index contributed by atoms with van der Waals surface area (Å²) in [6.07, 6.45) is 2.00. The minimum atomic E-state index is -3.84. The summed E-state index contributed by atoms with van der Waals surface area (Å²) in [6.45, 7) is 6.00. The van der Waals surface area contributed by atoms with E-state index in [1.165, 1.54) is 33.8 Å². The highest BCUT2D eigenvalue weighted by atomic mass is 35.5. The number of carbonyl (C=O) groups is 2. The molecule has 1 aromatic heterocycles. The number of amides is 1. The van der Waals surface area contributed by atoms with Crippen molar-refractivity contribution in [3.05, 3.63) is 45.3 Å². The molecule has 2 aromatic rings. The zero-order chi connectivity index (χ0) is 22.8. The van der Waals surface area contributed by atoms with Gasteiger partial charge < -0.3 is 10.1 Å². The Morgan fingerprint density at radius 3 is 2.48 bits per heavy atom. The van der Waals surface area contributed by atoms with Crippen molar-refractivity contribution in [1.29, 1.82) is 0 Å². The molecular formula is C21H25ClN2O5S2. The number of ether oxygens (including phenoxy) is 1. The molecule has 1 aromatic carbocycles. The van der Waals surface area contributed by atoms with E-state index in [0.717, 1.165) is 18.4 Å². The van der Waals surface area contributed by atoms with Gasteiger partial charge in [-0.15, -0.1) is 11.3 Å². The Bertz CT molecular complexity index is 1090. The second-order valence-corrected chi connectivity index (χ2v) is 10.3. The number of benzene rings is 1. The zero-order valence-corrected chi connectivity index (χ0v) is 20.0. The van der Waals surface area contributed by atoms with E-state index in [2.05, 4.69) is 5.32 Å². The first-order valence-corrected chi connectivity index (χ1v) is 12.8. The molecule has 0 saturated heterocycles. The first kappa shape index (κ1) is 23.7. The number of carbonyl (C=O) groups excluding carboxylic acids is 2. The Morgan fingerprint density at radius 1 is 1.23 bits per heavy atom. The third-order valence-electron chi connectivity index (χ3n) is 5.06. The first-order valence-electron chi connectivity index (χ1n) is 10.1. The largest absolute Gasteiger partial charge is 0.462 e. The monoisotopic (exact) mass is 484 g/mol. The molecule has 168 valence electrons. The molecule has 31 heavy (non-hydrogen) atoms. The highest BCUT2D eigenvalue weighted by Gasteiger charge is 2.33. The van der Waals surface area contributed by atoms with E-state index in [0.29, 0.717) is 16.5 Å². The molecule has 1 heterocycles. The molecule has 1 fully saturated rings. The Labute approximate surface area is 191 Å². The topological polar surface area (TPSA) is 92.8 Å². The fraction of sp³-hybridized carbons (Fsp3) is 0.429. The molecule has 7 nitrogen and oxygen atoms in total. The first-order chi connectivity index (χ1) is 14.7. The van der Waals surface area contributed by atoms with Gasteiger partial charge >= 0.3 is 5.97 Å².